The molecule has 0 aromatic carbocycles. The van der Waals surface area contributed by atoms with Gasteiger partial charge in [0.2, 0.25) is 5.91 Å². The molecule has 4 nitrogen and oxygen atoms in total. The number of nitrogens with zero attached hydrogens (tertiary/aromatic N) is 1. The van der Waals surface area contributed by atoms with Crippen molar-refractivity contribution in [3.05, 3.63) is 0 Å². The third-order valence-electron chi connectivity index (χ3n) is 6.46. The summed E-state index contributed by atoms with van der Waals surface area (Å²) in [6.45, 7) is 3.71. The largest absolute Gasteiger partial charge is 0.381 e. The molecule has 0 radical (unpaired) electrons. The molecule has 1 N–H and O–H groups in total. The molecule has 4 rings (SSSR count). The molecule has 3 saturated heterocycles. The molecule has 3 heterocycles. The van der Waals surface area contributed by atoms with E-state index < -0.39 is 0 Å². The monoisotopic (exact) mass is 328 g/mol. The average molecular weight is 329 g/mol. The van der Waals surface area contributed by atoms with Crippen LogP contribution < -0.4 is 5.32 Å². The van der Waals surface area contributed by atoms with Gasteiger partial charge in [0.15, 0.2) is 0 Å². The lowest BCUT2D eigenvalue weighted by molar-refractivity contribution is -0.132. The zero-order valence-corrected chi connectivity index (χ0v) is 14.2. The predicted molar refractivity (Wildman–Crippen MR) is 88.2 cm³/mol. The van der Waals surface area contributed by atoms with Crippen LogP contribution in [-0.4, -0.2) is 49.2 Å². The van der Waals surface area contributed by atoms with E-state index in [0.717, 1.165) is 51.5 Å². The Balaban J connectivity index is 0.00000144. The average Bonchev–Trinajstić information content (AvgIpc) is 3.12. The minimum atomic E-state index is 0. The summed E-state index contributed by atoms with van der Waals surface area (Å²) in [5.74, 6) is 1.14. The molecule has 1 aliphatic carbocycles. The minimum absolute atomic E-state index is 0. The first-order valence-electron chi connectivity index (χ1n) is 8.88. The topological polar surface area (TPSA) is 41.6 Å². The molecule has 4 aliphatic rings. The fourth-order valence-corrected chi connectivity index (χ4v) is 5.07. The van der Waals surface area contributed by atoms with Gasteiger partial charge < -0.3 is 15.0 Å². The van der Waals surface area contributed by atoms with Crippen molar-refractivity contribution >= 4 is 18.3 Å². The highest BCUT2D eigenvalue weighted by Crippen LogP contribution is 2.41. The van der Waals surface area contributed by atoms with Crippen molar-refractivity contribution in [3.63, 3.8) is 0 Å². The molecule has 1 amide bonds. The number of halogens is 1. The van der Waals surface area contributed by atoms with E-state index in [1.807, 2.05) is 0 Å². The summed E-state index contributed by atoms with van der Waals surface area (Å²) < 4.78 is 5.50. The molecule has 0 aromatic rings. The second-order valence-corrected chi connectivity index (χ2v) is 7.73. The van der Waals surface area contributed by atoms with Crippen LogP contribution >= 0.6 is 12.4 Å². The highest BCUT2D eigenvalue weighted by atomic mass is 35.5. The number of amides is 1. The van der Waals surface area contributed by atoms with Crippen LogP contribution in [0.2, 0.25) is 0 Å². The van der Waals surface area contributed by atoms with Crippen molar-refractivity contribution in [3.8, 4) is 0 Å². The lowest BCUT2D eigenvalue weighted by Crippen LogP contribution is -2.45. The zero-order chi connectivity index (χ0) is 14.3. The Kier molecular flexibility index (Phi) is 5.01. The molecule has 126 valence electrons. The van der Waals surface area contributed by atoms with Gasteiger partial charge in [0, 0.05) is 32.3 Å². The molecular weight excluding hydrogens is 300 g/mol. The van der Waals surface area contributed by atoms with Crippen molar-refractivity contribution in [1.29, 1.82) is 0 Å². The van der Waals surface area contributed by atoms with Crippen molar-refractivity contribution in [2.45, 2.75) is 63.5 Å². The summed E-state index contributed by atoms with van der Waals surface area (Å²) in [6, 6.07) is 0.723. The Labute approximate surface area is 139 Å². The molecule has 3 unspecified atom stereocenters. The maximum absolute atomic E-state index is 12.8. The number of hydrogen-bond donors (Lipinski definition) is 1. The van der Waals surface area contributed by atoms with Gasteiger partial charge in [-0.25, -0.2) is 0 Å². The fraction of sp³-hybridized carbons (Fsp3) is 0.941. The highest BCUT2D eigenvalue weighted by Gasteiger charge is 2.45. The van der Waals surface area contributed by atoms with E-state index in [2.05, 4.69) is 10.2 Å². The van der Waals surface area contributed by atoms with Crippen LogP contribution in [0.25, 0.3) is 0 Å². The molecule has 0 bridgehead atoms. The third-order valence-corrected chi connectivity index (χ3v) is 6.46. The lowest BCUT2D eigenvalue weighted by atomic mass is 9.80. The Morgan fingerprint density at radius 2 is 1.91 bits per heavy atom. The Bertz CT molecular complexity index is 397. The van der Waals surface area contributed by atoms with E-state index in [-0.39, 0.29) is 18.4 Å². The van der Waals surface area contributed by atoms with Gasteiger partial charge >= 0.3 is 0 Å². The molecule has 1 saturated carbocycles. The Morgan fingerprint density at radius 3 is 2.68 bits per heavy atom. The Hall–Kier alpha value is -0.320. The maximum Gasteiger partial charge on any atom is 0.239 e. The van der Waals surface area contributed by atoms with Crippen LogP contribution in [0.1, 0.15) is 51.4 Å². The second kappa shape index (κ2) is 6.66. The molecule has 22 heavy (non-hydrogen) atoms. The highest BCUT2D eigenvalue weighted by molar-refractivity contribution is 5.85. The molecule has 5 heteroatoms. The van der Waals surface area contributed by atoms with E-state index in [9.17, 15) is 4.79 Å². The lowest BCUT2D eigenvalue weighted by Gasteiger charge is -2.33. The number of likely N-dealkylation sites (tertiary alicyclic amines) is 1. The number of carbonyl (C=O) groups excluding carboxylic acids is 1. The molecular formula is C17H29ClN2O2. The van der Waals surface area contributed by atoms with Crippen LogP contribution in [0, 0.1) is 11.3 Å². The van der Waals surface area contributed by atoms with E-state index >= 15 is 0 Å². The van der Waals surface area contributed by atoms with Crippen LogP contribution in [0.15, 0.2) is 0 Å². The predicted octanol–water partition coefficient (Wildman–Crippen LogP) is 2.36. The summed E-state index contributed by atoms with van der Waals surface area (Å²) in [5, 5.41) is 3.64. The number of hydrogen-bond acceptors (Lipinski definition) is 3. The van der Waals surface area contributed by atoms with Crippen molar-refractivity contribution in [2.75, 3.05) is 26.3 Å². The van der Waals surface area contributed by atoms with E-state index in [1.54, 1.807) is 0 Å². The van der Waals surface area contributed by atoms with Gasteiger partial charge in [-0.05, 0) is 49.9 Å². The summed E-state index contributed by atoms with van der Waals surface area (Å²) in [6.07, 6.45) is 9.83. The third kappa shape index (κ3) is 3.02. The normalized spacial score (nSPS) is 36.9. The van der Waals surface area contributed by atoms with Crippen LogP contribution in [-0.2, 0) is 9.53 Å². The van der Waals surface area contributed by atoms with Gasteiger partial charge in [-0.1, -0.05) is 12.8 Å². The summed E-state index contributed by atoms with van der Waals surface area (Å²) in [5.41, 5.74) is 0.374. The Morgan fingerprint density at radius 1 is 1.14 bits per heavy atom. The van der Waals surface area contributed by atoms with Gasteiger partial charge in [0.05, 0.1) is 6.04 Å². The quantitative estimate of drug-likeness (QED) is 0.803. The number of fused-ring (bicyclic) bond motifs is 1. The minimum Gasteiger partial charge on any atom is -0.381 e. The van der Waals surface area contributed by atoms with Gasteiger partial charge in [0.1, 0.15) is 0 Å². The molecule has 0 aromatic heterocycles. The summed E-state index contributed by atoms with van der Waals surface area (Å²) >= 11 is 0. The van der Waals surface area contributed by atoms with Crippen molar-refractivity contribution in [1.82, 2.24) is 10.2 Å². The van der Waals surface area contributed by atoms with Gasteiger partial charge in [0.25, 0.3) is 0 Å². The summed E-state index contributed by atoms with van der Waals surface area (Å²) in [4.78, 5) is 15.0. The first-order chi connectivity index (χ1) is 10.3. The first-order valence-corrected chi connectivity index (χ1v) is 8.88. The van der Waals surface area contributed by atoms with Gasteiger partial charge in [-0.3, -0.25) is 4.79 Å². The zero-order valence-electron chi connectivity index (χ0n) is 13.4. The maximum atomic E-state index is 12.8. The van der Waals surface area contributed by atoms with Gasteiger partial charge in [-0.15, -0.1) is 12.4 Å². The van der Waals surface area contributed by atoms with Crippen molar-refractivity contribution < 1.29 is 9.53 Å². The molecule has 1 spiro atoms. The number of rotatable bonds is 1. The van der Waals surface area contributed by atoms with E-state index in [4.69, 9.17) is 4.74 Å². The smallest absolute Gasteiger partial charge is 0.239 e. The number of ether oxygens (including phenoxy) is 1. The SMILES string of the molecule is Cl.O=C(C1CC2CCCCC2N1)N1CCC2(CCOCC2)C1. The second-order valence-electron chi connectivity index (χ2n) is 7.73. The standard InChI is InChI=1S/C17H28N2O2.ClH/c20-16(15-11-13-3-1-2-4-14(13)18-15)19-8-5-17(12-19)6-9-21-10-7-17;/h13-15,18H,1-12H2;1H. The van der Waals surface area contributed by atoms with E-state index in [1.165, 1.54) is 32.1 Å². The number of nitrogens with one attached hydrogen (secondary N) is 1. The summed E-state index contributed by atoms with van der Waals surface area (Å²) in [7, 11) is 0. The van der Waals surface area contributed by atoms with Crippen LogP contribution in [0.5, 0.6) is 0 Å². The van der Waals surface area contributed by atoms with Gasteiger partial charge in [-0.2, -0.15) is 0 Å². The first kappa shape index (κ1) is 16.5. The number of carbonyl (C=O) groups is 1. The fourth-order valence-electron chi connectivity index (χ4n) is 5.07. The van der Waals surface area contributed by atoms with Crippen molar-refractivity contribution in [2.24, 2.45) is 11.3 Å². The van der Waals surface area contributed by atoms with E-state index in [0.29, 0.717) is 17.4 Å². The van der Waals surface area contributed by atoms with Crippen LogP contribution in [0.4, 0.5) is 0 Å². The van der Waals surface area contributed by atoms with Crippen LogP contribution in [0.3, 0.4) is 0 Å². The molecule has 3 atom stereocenters. The molecule has 3 aliphatic heterocycles. The molecule has 4 fully saturated rings.